The molecule has 1 heterocycles. The van der Waals surface area contributed by atoms with Crippen molar-refractivity contribution in [2.75, 3.05) is 6.54 Å². The zero-order valence-corrected chi connectivity index (χ0v) is 11.5. The number of rotatable bonds is 4. The molecule has 16 heavy (non-hydrogen) atoms. The van der Waals surface area contributed by atoms with Gasteiger partial charge in [-0.25, -0.2) is 0 Å². The molecule has 1 amide bonds. The summed E-state index contributed by atoms with van der Waals surface area (Å²) in [6, 6.07) is 3.68. The predicted molar refractivity (Wildman–Crippen MR) is 70.4 cm³/mol. The highest BCUT2D eigenvalue weighted by Crippen LogP contribution is 2.23. The maximum absolute atomic E-state index is 11.6. The van der Waals surface area contributed by atoms with E-state index in [9.17, 15) is 4.79 Å². The largest absolute Gasteiger partial charge is 0.350 e. The van der Waals surface area contributed by atoms with Gasteiger partial charge in [-0.15, -0.1) is 22.9 Å². The van der Waals surface area contributed by atoms with E-state index in [1.807, 2.05) is 17.5 Å². The normalized spacial score (nSPS) is 13.5. The minimum atomic E-state index is -0.0328. The van der Waals surface area contributed by atoms with Crippen LogP contribution in [0.15, 0.2) is 17.5 Å². The van der Waals surface area contributed by atoms with Crippen molar-refractivity contribution < 1.29 is 4.79 Å². The van der Waals surface area contributed by atoms with Gasteiger partial charge in [0.25, 0.3) is 5.91 Å². The van der Waals surface area contributed by atoms with Gasteiger partial charge in [0.2, 0.25) is 0 Å². The third-order valence-electron chi connectivity index (χ3n) is 2.06. The number of carbonyl (C=O) groups excluding carboxylic acids is 1. The van der Waals surface area contributed by atoms with Gasteiger partial charge >= 0.3 is 0 Å². The van der Waals surface area contributed by atoms with Gasteiger partial charge in [0.1, 0.15) is 0 Å². The summed E-state index contributed by atoms with van der Waals surface area (Å²) in [7, 11) is 0. The van der Waals surface area contributed by atoms with Crippen LogP contribution in [-0.2, 0) is 0 Å². The number of hydrogen-bond acceptors (Lipinski definition) is 2. The summed E-state index contributed by atoms with van der Waals surface area (Å²) in [5.74, 6) is -0.0328. The molecule has 0 aliphatic heterocycles. The van der Waals surface area contributed by atoms with E-state index in [1.165, 1.54) is 11.3 Å². The molecule has 0 aromatic carbocycles. The molecule has 1 N–H and O–H groups in total. The Balaban J connectivity index is 2.32. The fourth-order valence-electron chi connectivity index (χ4n) is 1.43. The molecule has 2 nitrogen and oxygen atoms in total. The molecule has 0 fully saturated rings. The summed E-state index contributed by atoms with van der Waals surface area (Å²) >= 11 is 7.60. The van der Waals surface area contributed by atoms with Crippen LogP contribution in [0.1, 0.15) is 36.9 Å². The Kier molecular flexibility index (Phi) is 4.81. The average Bonchev–Trinajstić information content (AvgIpc) is 2.64. The van der Waals surface area contributed by atoms with Crippen LogP contribution < -0.4 is 5.32 Å². The highest BCUT2D eigenvalue weighted by Gasteiger charge is 2.17. The molecule has 0 saturated carbocycles. The molecular formula is C12H18ClNOS. The van der Waals surface area contributed by atoms with Crippen molar-refractivity contribution in [2.45, 2.75) is 32.6 Å². The third-order valence-corrected chi connectivity index (χ3v) is 3.24. The molecule has 1 rings (SSSR count). The summed E-state index contributed by atoms with van der Waals surface area (Å²) in [5, 5.41) is 4.73. The molecule has 1 unspecified atom stereocenters. The van der Waals surface area contributed by atoms with Crippen LogP contribution in [-0.4, -0.2) is 17.8 Å². The maximum Gasteiger partial charge on any atom is 0.261 e. The SMILES string of the molecule is CC(C)(C)CC(Cl)CNC(=O)c1cccs1. The Morgan fingerprint density at radius 1 is 1.56 bits per heavy atom. The highest BCUT2D eigenvalue weighted by molar-refractivity contribution is 7.12. The number of amides is 1. The molecule has 0 saturated heterocycles. The van der Waals surface area contributed by atoms with Crippen LogP contribution in [0, 0.1) is 5.41 Å². The molecule has 90 valence electrons. The second-order valence-corrected chi connectivity index (χ2v) is 6.61. The van der Waals surface area contributed by atoms with Crippen LogP contribution >= 0.6 is 22.9 Å². The number of carbonyl (C=O) groups is 1. The van der Waals surface area contributed by atoms with Crippen LogP contribution in [0.3, 0.4) is 0 Å². The molecule has 0 aliphatic carbocycles. The van der Waals surface area contributed by atoms with E-state index in [0.29, 0.717) is 6.54 Å². The predicted octanol–water partition coefficient (Wildman–Crippen LogP) is 3.52. The number of nitrogens with one attached hydrogen (secondary N) is 1. The van der Waals surface area contributed by atoms with Crippen molar-refractivity contribution in [1.29, 1.82) is 0 Å². The van der Waals surface area contributed by atoms with Crippen LogP contribution in [0.5, 0.6) is 0 Å². The lowest BCUT2D eigenvalue weighted by Gasteiger charge is -2.21. The quantitative estimate of drug-likeness (QED) is 0.824. The zero-order chi connectivity index (χ0) is 12.2. The molecule has 0 bridgehead atoms. The van der Waals surface area contributed by atoms with E-state index in [4.69, 9.17) is 11.6 Å². The highest BCUT2D eigenvalue weighted by atomic mass is 35.5. The van der Waals surface area contributed by atoms with Crippen LogP contribution in [0.25, 0.3) is 0 Å². The monoisotopic (exact) mass is 259 g/mol. The van der Waals surface area contributed by atoms with Crippen molar-refractivity contribution in [1.82, 2.24) is 5.32 Å². The van der Waals surface area contributed by atoms with Crippen molar-refractivity contribution in [3.63, 3.8) is 0 Å². The zero-order valence-electron chi connectivity index (χ0n) is 9.92. The van der Waals surface area contributed by atoms with E-state index in [-0.39, 0.29) is 16.7 Å². The molecule has 0 aliphatic rings. The van der Waals surface area contributed by atoms with Crippen molar-refractivity contribution >= 4 is 28.8 Å². The Labute approximate surface area is 106 Å². The van der Waals surface area contributed by atoms with Gasteiger partial charge in [-0.1, -0.05) is 26.8 Å². The van der Waals surface area contributed by atoms with Crippen molar-refractivity contribution in [2.24, 2.45) is 5.41 Å². The number of hydrogen-bond donors (Lipinski definition) is 1. The third kappa shape index (κ3) is 4.99. The number of alkyl halides is 1. The maximum atomic E-state index is 11.6. The van der Waals surface area contributed by atoms with Crippen LogP contribution in [0.2, 0.25) is 0 Å². The molecular weight excluding hydrogens is 242 g/mol. The Morgan fingerprint density at radius 3 is 2.75 bits per heavy atom. The minimum absolute atomic E-state index is 0.0103. The summed E-state index contributed by atoms with van der Waals surface area (Å²) < 4.78 is 0. The molecule has 1 atom stereocenters. The summed E-state index contributed by atoms with van der Waals surface area (Å²) in [5.41, 5.74) is 0.195. The summed E-state index contributed by atoms with van der Waals surface area (Å²) in [4.78, 5) is 12.4. The van der Waals surface area contributed by atoms with Crippen molar-refractivity contribution in [3.05, 3.63) is 22.4 Å². The minimum Gasteiger partial charge on any atom is -0.350 e. The summed E-state index contributed by atoms with van der Waals surface area (Å²) in [6.45, 7) is 6.95. The molecule has 1 aromatic heterocycles. The molecule has 1 aromatic rings. The Morgan fingerprint density at radius 2 is 2.25 bits per heavy atom. The first-order valence-corrected chi connectivity index (χ1v) is 6.66. The van der Waals surface area contributed by atoms with E-state index >= 15 is 0 Å². The van der Waals surface area contributed by atoms with Gasteiger partial charge in [-0.2, -0.15) is 0 Å². The fourth-order valence-corrected chi connectivity index (χ4v) is 2.62. The second kappa shape index (κ2) is 5.69. The molecule has 4 heteroatoms. The lowest BCUT2D eigenvalue weighted by Crippen LogP contribution is -2.31. The Bertz CT molecular complexity index is 329. The van der Waals surface area contributed by atoms with E-state index < -0.39 is 0 Å². The standard InChI is InChI=1S/C12H18ClNOS/c1-12(2,3)7-9(13)8-14-11(15)10-5-4-6-16-10/h4-6,9H,7-8H2,1-3H3,(H,14,15). The first-order chi connectivity index (χ1) is 7.38. The molecule has 0 radical (unpaired) electrons. The van der Waals surface area contributed by atoms with Gasteiger partial charge < -0.3 is 5.32 Å². The van der Waals surface area contributed by atoms with Gasteiger partial charge in [-0.3, -0.25) is 4.79 Å². The van der Waals surface area contributed by atoms with Gasteiger partial charge in [-0.05, 0) is 23.3 Å². The first kappa shape index (κ1) is 13.5. The lowest BCUT2D eigenvalue weighted by molar-refractivity contribution is 0.0956. The van der Waals surface area contributed by atoms with E-state index in [0.717, 1.165) is 11.3 Å². The topological polar surface area (TPSA) is 29.1 Å². The molecule has 0 spiro atoms. The van der Waals surface area contributed by atoms with Gasteiger partial charge in [0, 0.05) is 6.54 Å². The van der Waals surface area contributed by atoms with E-state index in [1.54, 1.807) is 0 Å². The van der Waals surface area contributed by atoms with Gasteiger partial charge in [0.15, 0.2) is 0 Å². The number of halogens is 1. The fraction of sp³-hybridized carbons (Fsp3) is 0.583. The van der Waals surface area contributed by atoms with Crippen molar-refractivity contribution in [3.8, 4) is 0 Å². The Hall–Kier alpha value is -0.540. The van der Waals surface area contributed by atoms with Gasteiger partial charge in [0.05, 0.1) is 10.3 Å². The smallest absolute Gasteiger partial charge is 0.261 e. The first-order valence-electron chi connectivity index (χ1n) is 5.34. The summed E-state index contributed by atoms with van der Waals surface area (Å²) in [6.07, 6.45) is 0.888. The number of thiophene rings is 1. The van der Waals surface area contributed by atoms with Crippen LogP contribution in [0.4, 0.5) is 0 Å². The van der Waals surface area contributed by atoms with E-state index in [2.05, 4.69) is 26.1 Å². The average molecular weight is 260 g/mol. The second-order valence-electron chi connectivity index (χ2n) is 5.05. The lowest BCUT2D eigenvalue weighted by atomic mass is 9.90.